The highest BCUT2D eigenvalue weighted by Crippen LogP contribution is 2.17. The normalized spacial score (nSPS) is 10.1. The topological polar surface area (TPSA) is 20.3 Å². The van der Waals surface area contributed by atoms with E-state index in [4.69, 9.17) is 0 Å². The van der Waals surface area contributed by atoms with Crippen molar-refractivity contribution in [1.29, 1.82) is 0 Å². The molecule has 0 amide bonds. The van der Waals surface area contributed by atoms with E-state index in [2.05, 4.69) is 18.4 Å². The van der Waals surface area contributed by atoms with Crippen LogP contribution in [0.3, 0.4) is 0 Å². The Balaban J connectivity index is 2.84. The molecule has 0 aromatic heterocycles. The quantitative estimate of drug-likeness (QED) is 0.550. The summed E-state index contributed by atoms with van der Waals surface area (Å²) in [4.78, 5) is 13.8. The largest absolute Gasteiger partial charge is 0.368 e. The standard InChI is InChI=1S/C15H21NO/c1-5-15(17)13-7-9-14(10-8-13)16(6-2)11-12(3)4/h7-10H,3,5-6,11H2,1-2,4H3. The second-order valence-corrected chi connectivity index (χ2v) is 4.29. The number of rotatable bonds is 6. The van der Waals surface area contributed by atoms with Crippen LogP contribution in [0.25, 0.3) is 0 Å². The van der Waals surface area contributed by atoms with Crippen LogP contribution < -0.4 is 4.90 Å². The van der Waals surface area contributed by atoms with Gasteiger partial charge in [-0.1, -0.05) is 19.1 Å². The zero-order valence-corrected chi connectivity index (χ0v) is 11.0. The molecule has 0 N–H and O–H groups in total. The molecule has 0 heterocycles. The molecule has 2 nitrogen and oxygen atoms in total. The average Bonchev–Trinajstić information content (AvgIpc) is 2.35. The number of Topliss-reactive ketones (excluding diaryl/α,β-unsaturated/α-hetero) is 1. The predicted molar refractivity (Wildman–Crippen MR) is 73.8 cm³/mol. The van der Waals surface area contributed by atoms with Gasteiger partial charge in [0.2, 0.25) is 0 Å². The Kier molecular flexibility index (Phi) is 4.95. The van der Waals surface area contributed by atoms with Gasteiger partial charge in [-0.05, 0) is 38.1 Å². The van der Waals surface area contributed by atoms with Crippen LogP contribution >= 0.6 is 0 Å². The molecule has 0 bridgehead atoms. The van der Waals surface area contributed by atoms with E-state index < -0.39 is 0 Å². The molecular weight excluding hydrogens is 210 g/mol. The Hall–Kier alpha value is -1.57. The zero-order chi connectivity index (χ0) is 12.8. The third kappa shape index (κ3) is 3.74. The summed E-state index contributed by atoms with van der Waals surface area (Å²) in [5.41, 5.74) is 3.08. The lowest BCUT2D eigenvalue weighted by Gasteiger charge is -2.23. The maximum absolute atomic E-state index is 11.5. The molecule has 0 aliphatic carbocycles. The Labute approximate surface area is 104 Å². The van der Waals surface area contributed by atoms with E-state index in [0.717, 1.165) is 29.9 Å². The molecule has 17 heavy (non-hydrogen) atoms. The molecule has 1 rings (SSSR count). The first-order valence-electron chi connectivity index (χ1n) is 6.11. The van der Waals surface area contributed by atoms with Crippen molar-refractivity contribution in [2.75, 3.05) is 18.0 Å². The fourth-order valence-corrected chi connectivity index (χ4v) is 1.77. The molecule has 92 valence electrons. The Morgan fingerprint density at radius 2 is 1.82 bits per heavy atom. The van der Waals surface area contributed by atoms with Crippen LogP contribution in [0.1, 0.15) is 37.6 Å². The lowest BCUT2D eigenvalue weighted by Crippen LogP contribution is -2.24. The lowest BCUT2D eigenvalue weighted by atomic mass is 10.1. The van der Waals surface area contributed by atoms with Crippen LogP contribution in [0.4, 0.5) is 5.69 Å². The molecule has 0 saturated carbocycles. The fraction of sp³-hybridized carbons (Fsp3) is 0.400. The van der Waals surface area contributed by atoms with Crippen LogP contribution in [0, 0.1) is 0 Å². The number of carbonyl (C=O) groups excluding carboxylic acids is 1. The van der Waals surface area contributed by atoms with E-state index in [0.29, 0.717) is 6.42 Å². The summed E-state index contributed by atoms with van der Waals surface area (Å²) in [6.45, 7) is 11.8. The summed E-state index contributed by atoms with van der Waals surface area (Å²) < 4.78 is 0. The highest BCUT2D eigenvalue weighted by atomic mass is 16.1. The van der Waals surface area contributed by atoms with Gasteiger partial charge in [0, 0.05) is 30.8 Å². The SMILES string of the molecule is C=C(C)CN(CC)c1ccc(C(=O)CC)cc1. The Morgan fingerprint density at radius 3 is 2.24 bits per heavy atom. The van der Waals surface area contributed by atoms with Crippen LogP contribution in [0.5, 0.6) is 0 Å². The molecule has 0 saturated heterocycles. The number of benzene rings is 1. The van der Waals surface area contributed by atoms with E-state index >= 15 is 0 Å². The molecule has 2 heteroatoms. The molecule has 0 fully saturated rings. The first-order chi connectivity index (χ1) is 8.08. The van der Waals surface area contributed by atoms with E-state index in [1.807, 2.05) is 38.1 Å². The first-order valence-corrected chi connectivity index (χ1v) is 6.11. The Bertz CT molecular complexity index is 392. The van der Waals surface area contributed by atoms with Crippen molar-refractivity contribution in [3.05, 3.63) is 42.0 Å². The van der Waals surface area contributed by atoms with Gasteiger partial charge < -0.3 is 4.90 Å². The van der Waals surface area contributed by atoms with Crippen molar-refractivity contribution in [1.82, 2.24) is 0 Å². The van der Waals surface area contributed by atoms with Gasteiger partial charge in [0.15, 0.2) is 5.78 Å². The number of carbonyl (C=O) groups is 1. The van der Waals surface area contributed by atoms with Crippen LogP contribution in [0.2, 0.25) is 0 Å². The molecular formula is C15H21NO. The molecule has 1 aromatic rings. The summed E-state index contributed by atoms with van der Waals surface area (Å²) >= 11 is 0. The number of likely N-dealkylation sites (N-methyl/N-ethyl adjacent to an activating group) is 1. The zero-order valence-electron chi connectivity index (χ0n) is 11.0. The summed E-state index contributed by atoms with van der Waals surface area (Å²) in [5, 5.41) is 0. The molecule has 0 aliphatic rings. The molecule has 0 atom stereocenters. The minimum Gasteiger partial charge on any atom is -0.368 e. The monoisotopic (exact) mass is 231 g/mol. The maximum Gasteiger partial charge on any atom is 0.162 e. The van der Waals surface area contributed by atoms with Gasteiger partial charge in [0.25, 0.3) is 0 Å². The summed E-state index contributed by atoms with van der Waals surface area (Å²) in [5.74, 6) is 0.194. The van der Waals surface area contributed by atoms with Gasteiger partial charge in [0.1, 0.15) is 0 Å². The van der Waals surface area contributed by atoms with Crippen molar-refractivity contribution in [2.24, 2.45) is 0 Å². The van der Waals surface area contributed by atoms with Crippen molar-refractivity contribution in [3.63, 3.8) is 0 Å². The summed E-state index contributed by atoms with van der Waals surface area (Å²) in [7, 11) is 0. The van der Waals surface area contributed by atoms with E-state index in [1.54, 1.807) is 0 Å². The number of nitrogens with zero attached hydrogens (tertiary/aromatic N) is 1. The third-order valence-electron chi connectivity index (χ3n) is 2.72. The third-order valence-corrected chi connectivity index (χ3v) is 2.72. The minimum atomic E-state index is 0.194. The van der Waals surface area contributed by atoms with Crippen molar-refractivity contribution < 1.29 is 4.79 Å². The Morgan fingerprint density at radius 1 is 1.24 bits per heavy atom. The smallest absolute Gasteiger partial charge is 0.162 e. The van der Waals surface area contributed by atoms with Crippen molar-refractivity contribution in [3.8, 4) is 0 Å². The van der Waals surface area contributed by atoms with Gasteiger partial charge in [0.05, 0.1) is 0 Å². The number of hydrogen-bond acceptors (Lipinski definition) is 2. The second kappa shape index (κ2) is 6.24. The molecule has 0 aliphatic heterocycles. The van der Waals surface area contributed by atoms with Crippen molar-refractivity contribution >= 4 is 11.5 Å². The van der Waals surface area contributed by atoms with Crippen molar-refractivity contribution in [2.45, 2.75) is 27.2 Å². The highest BCUT2D eigenvalue weighted by Gasteiger charge is 2.06. The number of ketones is 1. The van der Waals surface area contributed by atoms with Gasteiger partial charge >= 0.3 is 0 Å². The second-order valence-electron chi connectivity index (χ2n) is 4.29. The summed E-state index contributed by atoms with van der Waals surface area (Å²) in [6, 6.07) is 7.83. The van der Waals surface area contributed by atoms with Gasteiger partial charge in [-0.3, -0.25) is 4.79 Å². The van der Waals surface area contributed by atoms with E-state index in [-0.39, 0.29) is 5.78 Å². The van der Waals surface area contributed by atoms with Gasteiger partial charge in [-0.25, -0.2) is 0 Å². The molecule has 0 radical (unpaired) electrons. The minimum absolute atomic E-state index is 0.194. The number of anilines is 1. The first kappa shape index (κ1) is 13.5. The fourth-order valence-electron chi connectivity index (χ4n) is 1.77. The summed E-state index contributed by atoms with van der Waals surface area (Å²) in [6.07, 6.45) is 0.558. The van der Waals surface area contributed by atoms with Crippen LogP contribution in [0.15, 0.2) is 36.4 Å². The lowest BCUT2D eigenvalue weighted by molar-refractivity contribution is 0.0988. The number of hydrogen-bond donors (Lipinski definition) is 0. The predicted octanol–water partition coefficient (Wildman–Crippen LogP) is 3.68. The van der Waals surface area contributed by atoms with Crippen LogP contribution in [-0.4, -0.2) is 18.9 Å². The van der Waals surface area contributed by atoms with E-state index in [9.17, 15) is 4.79 Å². The van der Waals surface area contributed by atoms with Gasteiger partial charge in [-0.15, -0.1) is 0 Å². The van der Waals surface area contributed by atoms with E-state index in [1.165, 1.54) is 0 Å². The average molecular weight is 231 g/mol. The molecule has 0 spiro atoms. The maximum atomic E-state index is 11.5. The van der Waals surface area contributed by atoms with Gasteiger partial charge in [-0.2, -0.15) is 0 Å². The highest BCUT2D eigenvalue weighted by molar-refractivity contribution is 5.96. The molecule has 0 unspecified atom stereocenters. The van der Waals surface area contributed by atoms with Crippen LogP contribution in [-0.2, 0) is 0 Å². The molecule has 1 aromatic carbocycles.